The SMILES string of the molecule is O=C(OC(=O)C(F)(F)F)c1cc(-c2ccnc(C=Cc3ccccc3)c2)nn1CCCNCCc1ccc(Br)cc1. The van der Waals surface area contributed by atoms with Gasteiger partial charge in [0.25, 0.3) is 0 Å². The van der Waals surface area contributed by atoms with Crippen LogP contribution in [0.3, 0.4) is 0 Å². The van der Waals surface area contributed by atoms with E-state index in [4.69, 9.17) is 0 Å². The van der Waals surface area contributed by atoms with Crippen molar-refractivity contribution in [2.45, 2.75) is 25.6 Å². The molecule has 1 N–H and O–H groups in total. The molecule has 41 heavy (non-hydrogen) atoms. The summed E-state index contributed by atoms with van der Waals surface area (Å²) in [6, 6.07) is 22.4. The number of halogens is 4. The first-order valence-corrected chi connectivity index (χ1v) is 13.5. The molecule has 0 saturated carbocycles. The molecule has 4 rings (SSSR count). The normalized spacial score (nSPS) is 11.6. The van der Waals surface area contributed by atoms with Gasteiger partial charge in [-0.25, -0.2) is 9.59 Å². The molecule has 0 aliphatic heterocycles. The van der Waals surface area contributed by atoms with Gasteiger partial charge in [0.2, 0.25) is 0 Å². The molecule has 2 aromatic heterocycles. The summed E-state index contributed by atoms with van der Waals surface area (Å²) in [5.74, 6) is -4.00. The van der Waals surface area contributed by atoms with Gasteiger partial charge in [-0.1, -0.05) is 64.5 Å². The maximum Gasteiger partial charge on any atom is 0.491 e. The molecular weight excluding hydrogens is 601 g/mol. The first-order chi connectivity index (χ1) is 19.7. The number of hydrogen-bond donors (Lipinski definition) is 1. The van der Waals surface area contributed by atoms with E-state index in [2.05, 4.69) is 36.1 Å². The summed E-state index contributed by atoms with van der Waals surface area (Å²) >= 11 is 3.41. The lowest BCUT2D eigenvalue weighted by Gasteiger charge is -2.09. The van der Waals surface area contributed by atoms with Crippen LogP contribution in [0.15, 0.2) is 83.5 Å². The number of carbonyl (C=O) groups excluding carboxylic acids is 2. The fraction of sp³-hybridized carbons (Fsp3) is 0.200. The number of ether oxygens (including phenoxy) is 1. The summed E-state index contributed by atoms with van der Waals surface area (Å²) in [6.45, 7) is 1.50. The first kappa shape index (κ1) is 29.9. The van der Waals surface area contributed by atoms with Crippen molar-refractivity contribution in [2.75, 3.05) is 13.1 Å². The quantitative estimate of drug-likeness (QED) is 0.119. The van der Waals surface area contributed by atoms with Crippen molar-refractivity contribution >= 4 is 40.0 Å². The van der Waals surface area contributed by atoms with Gasteiger partial charge in [0, 0.05) is 22.8 Å². The smallest absolute Gasteiger partial charge is 0.381 e. The maximum absolute atomic E-state index is 12.7. The van der Waals surface area contributed by atoms with E-state index in [1.54, 1.807) is 18.3 Å². The van der Waals surface area contributed by atoms with Crippen LogP contribution in [0.2, 0.25) is 0 Å². The van der Waals surface area contributed by atoms with Crippen LogP contribution < -0.4 is 5.32 Å². The van der Waals surface area contributed by atoms with Gasteiger partial charge in [-0.3, -0.25) is 9.67 Å². The van der Waals surface area contributed by atoms with Crippen molar-refractivity contribution < 1.29 is 27.5 Å². The van der Waals surface area contributed by atoms with Gasteiger partial charge >= 0.3 is 18.1 Å². The van der Waals surface area contributed by atoms with Crippen LogP contribution in [-0.4, -0.2) is 46.0 Å². The number of esters is 2. The number of aromatic nitrogens is 3. The van der Waals surface area contributed by atoms with E-state index in [-0.39, 0.29) is 12.2 Å². The van der Waals surface area contributed by atoms with Gasteiger partial charge in [-0.2, -0.15) is 18.3 Å². The Kier molecular flexibility index (Phi) is 10.2. The topological polar surface area (TPSA) is 86.1 Å². The number of hydrogen-bond acceptors (Lipinski definition) is 6. The number of benzene rings is 2. The first-order valence-electron chi connectivity index (χ1n) is 12.7. The molecule has 0 aliphatic rings. The average molecular weight is 627 g/mol. The van der Waals surface area contributed by atoms with E-state index < -0.39 is 18.1 Å². The van der Waals surface area contributed by atoms with Crippen LogP contribution in [-0.2, 0) is 22.5 Å². The summed E-state index contributed by atoms with van der Waals surface area (Å²) in [6.07, 6.45) is 1.31. The Morgan fingerprint density at radius 1 is 0.976 bits per heavy atom. The van der Waals surface area contributed by atoms with E-state index in [9.17, 15) is 22.8 Å². The Labute approximate surface area is 243 Å². The average Bonchev–Trinajstić information content (AvgIpc) is 3.39. The molecule has 212 valence electrons. The predicted octanol–water partition coefficient (Wildman–Crippen LogP) is 6.35. The second-order valence-electron chi connectivity index (χ2n) is 9.01. The Bertz CT molecular complexity index is 1500. The number of carbonyl (C=O) groups is 2. The van der Waals surface area contributed by atoms with Crippen molar-refractivity contribution in [3.05, 3.63) is 106 Å². The fourth-order valence-electron chi connectivity index (χ4n) is 3.89. The Balaban J connectivity index is 1.46. The van der Waals surface area contributed by atoms with Gasteiger partial charge in [-0.15, -0.1) is 0 Å². The second kappa shape index (κ2) is 14.0. The maximum atomic E-state index is 12.7. The van der Waals surface area contributed by atoms with Crippen LogP contribution in [0.5, 0.6) is 0 Å². The molecule has 11 heteroatoms. The number of rotatable bonds is 11. The lowest BCUT2D eigenvalue weighted by Crippen LogP contribution is -2.29. The third kappa shape index (κ3) is 8.95. The Morgan fingerprint density at radius 2 is 1.73 bits per heavy atom. The highest BCUT2D eigenvalue weighted by Crippen LogP contribution is 2.23. The van der Waals surface area contributed by atoms with Crippen LogP contribution in [0, 0.1) is 0 Å². The number of nitrogens with zero attached hydrogens (tertiary/aromatic N) is 3. The lowest BCUT2D eigenvalue weighted by atomic mass is 10.1. The van der Waals surface area contributed by atoms with Crippen LogP contribution in [0.1, 0.15) is 33.7 Å². The molecule has 0 aliphatic carbocycles. The summed E-state index contributed by atoms with van der Waals surface area (Å²) < 4.78 is 44.5. The summed E-state index contributed by atoms with van der Waals surface area (Å²) in [7, 11) is 0. The van der Waals surface area contributed by atoms with E-state index in [1.165, 1.54) is 16.3 Å². The minimum atomic E-state index is -5.30. The fourth-order valence-corrected chi connectivity index (χ4v) is 4.16. The second-order valence-corrected chi connectivity index (χ2v) is 9.92. The van der Waals surface area contributed by atoms with E-state index in [0.717, 1.165) is 23.0 Å². The summed E-state index contributed by atoms with van der Waals surface area (Å²) in [5.41, 5.74) is 3.44. The number of aryl methyl sites for hydroxylation is 1. The Hall–Kier alpha value is -4.09. The highest BCUT2D eigenvalue weighted by atomic mass is 79.9. The third-order valence-electron chi connectivity index (χ3n) is 5.96. The third-order valence-corrected chi connectivity index (χ3v) is 6.48. The molecule has 2 aromatic carbocycles. The van der Waals surface area contributed by atoms with Crippen molar-refractivity contribution in [3.8, 4) is 11.3 Å². The minimum absolute atomic E-state index is 0.210. The molecule has 7 nitrogen and oxygen atoms in total. The number of alkyl halides is 3. The van der Waals surface area contributed by atoms with Crippen molar-refractivity contribution in [1.29, 1.82) is 0 Å². The molecule has 0 amide bonds. The van der Waals surface area contributed by atoms with Gasteiger partial charge in [0.1, 0.15) is 5.69 Å². The Morgan fingerprint density at radius 3 is 2.46 bits per heavy atom. The van der Waals surface area contributed by atoms with Gasteiger partial charge < -0.3 is 10.1 Å². The van der Waals surface area contributed by atoms with E-state index >= 15 is 0 Å². The molecule has 0 bridgehead atoms. The lowest BCUT2D eigenvalue weighted by molar-refractivity contribution is -0.193. The zero-order valence-electron chi connectivity index (χ0n) is 21.8. The molecular formula is C30H26BrF3N4O3. The molecule has 0 unspecified atom stereocenters. The van der Waals surface area contributed by atoms with Crippen molar-refractivity contribution in [2.24, 2.45) is 0 Å². The predicted molar refractivity (Wildman–Crippen MR) is 153 cm³/mol. The molecule has 0 saturated heterocycles. The molecule has 0 radical (unpaired) electrons. The standard InChI is InChI=1S/C30H26BrF3N4O3/c31-24-10-7-22(8-11-24)13-16-35-15-4-18-38-27(28(39)41-29(40)30(32,33)34)20-26(37-38)23-14-17-36-25(19-23)12-9-21-5-2-1-3-6-21/h1-3,5-12,14,17,19-20,35H,4,13,15-16,18H2. The van der Waals surface area contributed by atoms with Crippen LogP contribution in [0.4, 0.5) is 13.2 Å². The van der Waals surface area contributed by atoms with Gasteiger partial charge in [0.15, 0.2) is 0 Å². The van der Waals surface area contributed by atoms with E-state index in [0.29, 0.717) is 29.9 Å². The van der Waals surface area contributed by atoms with Crippen molar-refractivity contribution in [3.63, 3.8) is 0 Å². The number of pyridine rings is 1. The van der Waals surface area contributed by atoms with Gasteiger partial charge in [0.05, 0.1) is 11.4 Å². The molecule has 0 spiro atoms. The molecule has 2 heterocycles. The minimum Gasteiger partial charge on any atom is -0.381 e. The van der Waals surface area contributed by atoms with Gasteiger partial charge in [-0.05, 0) is 73.5 Å². The number of nitrogens with one attached hydrogen (secondary N) is 1. The molecule has 0 fully saturated rings. The zero-order chi connectivity index (χ0) is 29.2. The summed E-state index contributed by atoms with van der Waals surface area (Å²) in [4.78, 5) is 28.2. The largest absolute Gasteiger partial charge is 0.491 e. The monoisotopic (exact) mass is 626 g/mol. The zero-order valence-corrected chi connectivity index (χ0v) is 23.4. The summed E-state index contributed by atoms with van der Waals surface area (Å²) in [5, 5.41) is 7.75. The highest BCUT2D eigenvalue weighted by Gasteiger charge is 2.43. The van der Waals surface area contributed by atoms with Crippen LogP contribution in [0.25, 0.3) is 23.4 Å². The van der Waals surface area contributed by atoms with Crippen LogP contribution >= 0.6 is 15.9 Å². The molecule has 0 atom stereocenters. The van der Waals surface area contributed by atoms with E-state index in [1.807, 2.05) is 66.7 Å². The van der Waals surface area contributed by atoms with Crippen molar-refractivity contribution in [1.82, 2.24) is 20.1 Å². The highest BCUT2D eigenvalue weighted by molar-refractivity contribution is 9.10. The molecule has 4 aromatic rings.